The highest BCUT2D eigenvalue weighted by atomic mass is 35.5. The molecule has 8 nitrogen and oxygen atoms in total. The van der Waals surface area contributed by atoms with E-state index in [0.29, 0.717) is 31.5 Å². The van der Waals surface area contributed by atoms with Gasteiger partial charge < -0.3 is 19.7 Å². The number of hydrogen-bond donors (Lipinski definition) is 1. The average molecular weight is 474 g/mol. The lowest BCUT2D eigenvalue weighted by molar-refractivity contribution is -0.141. The summed E-state index contributed by atoms with van der Waals surface area (Å²) in [6, 6.07) is -0.762. The molecular formula is C21H32ClN3O5S. The maximum absolute atomic E-state index is 13.2. The minimum Gasteiger partial charge on any atom is -0.466 e. The second-order valence-corrected chi connectivity index (χ2v) is 9.88. The number of carbonyl (C=O) groups is 3. The molecule has 1 unspecified atom stereocenters. The van der Waals surface area contributed by atoms with Gasteiger partial charge >= 0.3 is 12.1 Å². The van der Waals surface area contributed by atoms with Crippen LogP contribution < -0.4 is 5.32 Å². The van der Waals surface area contributed by atoms with Crippen molar-refractivity contribution in [3.8, 4) is 0 Å². The summed E-state index contributed by atoms with van der Waals surface area (Å²) in [6.45, 7) is 8.33. The lowest BCUT2D eigenvalue weighted by Crippen LogP contribution is -2.52. The molecule has 10 heteroatoms. The first-order valence-electron chi connectivity index (χ1n) is 10.5. The monoisotopic (exact) mass is 473 g/mol. The Morgan fingerprint density at radius 2 is 2.00 bits per heavy atom. The summed E-state index contributed by atoms with van der Waals surface area (Å²) in [7, 11) is 0. The second-order valence-electron chi connectivity index (χ2n) is 8.67. The van der Waals surface area contributed by atoms with Gasteiger partial charge in [0.05, 0.1) is 23.2 Å². The van der Waals surface area contributed by atoms with Crippen molar-refractivity contribution < 1.29 is 23.9 Å². The molecule has 1 saturated heterocycles. The first-order valence-corrected chi connectivity index (χ1v) is 11.9. The van der Waals surface area contributed by atoms with Crippen LogP contribution in [-0.2, 0) is 31.4 Å². The first-order chi connectivity index (χ1) is 14.6. The van der Waals surface area contributed by atoms with E-state index < -0.39 is 17.7 Å². The Morgan fingerprint density at radius 3 is 2.55 bits per heavy atom. The highest BCUT2D eigenvalue weighted by molar-refractivity contribution is 7.09. The summed E-state index contributed by atoms with van der Waals surface area (Å²) in [5.41, 5.74) is 0.0871. The van der Waals surface area contributed by atoms with Gasteiger partial charge in [-0.15, -0.1) is 22.9 Å². The van der Waals surface area contributed by atoms with Crippen molar-refractivity contribution >= 4 is 40.9 Å². The number of rotatable bonds is 8. The van der Waals surface area contributed by atoms with Crippen molar-refractivity contribution in [2.75, 3.05) is 19.7 Å². The van der Waals surface area contributed by atoms with Crippen molar-refractivity contribution in [2.45, 2.75) is 70.9 Å². The molecule has 2 amide bonds. The molecule has 0 spiro atoms. The molecule has 174 valence electrons. The molecule has 2 rings (SSSR count). The van der Waals surface area contributed by atoms with Crippen LogP contribution in [0.5, 0.6) is 0 Å². The molecule has 1 aromatic rings. The molecule has 0 aliphatic carbocycles. The van der Waals surface area contributed by atoms with Crippen LogP contribution in [0.1, 0.15) is 57.7 Å². The molecule has 1 atom stereocenters. The van der Waals surface area contributed by atoms with Gasteiger partial charge in [0.2, 0.25) is 5.91 Å². The summed E-state index contributed by atoms with van der Waals surface area (Å²) < 4.78 is 10.4. The SMILES string of the molecule is CC(=O)OCCC1CCN(C(=O)C(Cc2nc(CCl)cs2)NC(=O)OC(C)(C)C)CC1. The number of esters is 1. The smallest absolute Gasteiger partial charge is 0.408 e. The third kappa shape index (κ3) is 9.03. The number of thiazole rings is 1. The Kier molecular flexibility index (Phi) is 9.55. The number of piperidine rings is 1. The Hall–Kier alpha value is -1.87. The second kappa shape index (κ2) is 11.7. The van der Waals surface area contributed by atoms with Crippen LogP contribution in [0.4, 0.5) is 4.79 Å². The first kappa shape index (κ1) is 25.4. The quantitative estimate of drug-likeness (QED) is 0.458. The maximum atomic E-state index is 13.2. The lowest BCUT2D eigenvalue weighted by atomic mass is 9.93. The minimum absolute atomic E-state index is 0.146. The number of ether oxygens (including phenoxy) is 2. The van der Waals surface area contributed by atoms with Crippen molar-refractivity contribution in [1.29, 1.82) is 0 Å². The minimum atomic E-state index is -0.762. The number of alkyl carbamates (subject to hydrolysis) is 1. The zero-order valence-electron chi connectivity index (χ0n) is 18.6. The average Bonchev–Trinajstić information content (AvgIpc) is 3.13. The normalized spacial score (nSPS) is 16.0. The standard InChI is InChI=1S/C21H32ClN3O5S/c1-14(26)29-10-7-15-5-8-25(9-6-15)19(27)17(24-20(28)30-21(2,3)4)11-18-23-16(12-22)13-31-18/h13,15,17H,5-12H2,1-4H3,(H,24,28). The van der Waals surface area contributed by atoms with E-state index in [1.54, 1.807) is 25.7 Å². The van der Waals surface area contributed by atoms with Gasteiger partial charge in [0.1, 0.15) is 11.6 Å². The molecular weight excluding hydrogens is 442 g/mol. The summed E-state index contributed by atoms with van der Waals surface area (Å²) in [5, 5.41) is 5.32. The van der Waals surface area contributed by atoms with Crippen LogP contribution in [-0.4, -0.2) is 59.2 Å². The molecule has 1 aliphatic rings. The molecule has 0 radical (unpaired) electrons. The number of amides is 2. The lowest BCUT2D eigenvalue weighted by Gasteiger charge is -2.34. The number of aromatic nitrogens is 1. The maximum Gasteiger partial charge on any atom is 0.408 e. The third-order valence-electron chi connectivity index (χ3n) is 4.86. The van der Waals surface area contributed by atoms with E-state index in [2.05, 4.69) is 10.3 Å². The van der Waals surface area contributed by atoms with Crippen LogP contribution in [0.2, 0.25) is 0 Å². The summed E-state index contributed by atoms with van der Waals surface area (Å²) in [6.07, 6.45) is 2.11. The zero-order valence-corrected chi connectivity index (χ0v) is 20.2. The number of alkyl halides is 1. The van der Waals surface area contributed by atoms with Gasteiger partial charge in [0.15, 0.2) is 0 Å². The molecule has 0 aromatic carbocycles. The largest absolute Gasteiger partial charge is 0.466 e. The van der Waals surface area contributed by atoms with Crippen LogP contribution in [0, 0.1) is 5.92 Å². The van der Waals surface area contributed by atoms with Gasteiger partial charge in [-0.3, -0.25) is 9.59 Å². The van der Waals surface area contributed by atoms with Crippen LogP contribution in [0.15, 0.2) is 5.38 Å². The number of carbonyl (C=O) groups excluding carboxylic acids is 3. The molecule has 0 saturated carbocycles. The molecule has 1 N–H and O–H groups in total. The van der Waals surface area contributed by atoms with Gasteiger partial charge in [-0.05, 0) is 46.0 Å². The Balaban J connectivity index is 1.98. The highest BCUT2D eigenvalue weighted by Crippen LogP contribution is 2.22. The number of nitrogens with zero attached hydrogens (tertiary/aromatic N) is 2. The Labute approximate surface area is 192 Å². The van der Waals surface area contributed by atoms with E-state index in [4.69, 9.17) is 21.1 Å². The van der Waals surface area contributed by atoms with E-state index in [0.717, 1.165) is 30.0 Å². The Morgan fingerprint density at radius 1 is 1.32 bits per heavy atom. The molecule has 31 heavy (non-hydrogen) atoms. The van der Waals surface area contributed by atoms with E-state index >= 15 is 0 Å². The van der Waals surface area contributed by atoms with Crippen LogP contribution in [0.3, 0.4) is 0 Å². The van der Waals surface area contributed by atoms with Crippen molar-refractivity contribution in [1.82, 2.24) is 15.2 Å². The fraction of sp³-hybridized carbons (Fsp3) is 0.714. The molecule has 2 heterocycles. The topological polar surface area (TPSA) is 97.8 Å². The number of likely N-dealkylation sites (tertiary alicyclic amines) is 1. The highest BCUT2D eigenvalue weighted by Gasteiger charge is 2.31. The van der Waals surface area contributed by atoms with Crippen LogP contribution >= 0.6 is 22.9 Å². The summed E-state index contributed by atoms with van der Waals surface area (Å²) >= 11 is 7.26. The third-order valence-corrected chi connectivity index (χ3v) is 6.06. The molecule has 1 fully saturated rings. The zero-order chi connectivity index (χ0) is 23.0. The number of nitrogens with one attached hydrogen (secondary N) is 1. The fourth-order valence-corrected chi connectivity index (χ4v) is 4.43. The van der Waals surface area contributed by atoms with Gasteiger partial charge in [0, 0.05) is 31.8 Å². The summed E-state index contributed by atoms with van der Waals surface area (Å²) in [5.74, 6) is 0.288. The molecule has 0 bridgehead atoms. The molecule has 1 aromatic heterocycles. The van der Waals surface area contributed by atoms with Crippen molar-refractivity contribution in [3.05, 3.63) is 16.1 Å². The van der Waals surface area contributed by atoms with Gasteiger partial charge in [-0.1, -0.05) is 0 Å². The van der Waals surface area contributed by atoms with Crippen molar-refractivity contribution in [2.24, 2.45) is 5.92 Å². The molecule has 1 aliphatic heterocycles. The van der Waals surface area contributed by atoms with Gasteiger partial charge in [-0.25, -0.2) is 9.78 Å². The van der Waals surface area contributed by atoms with Gasteiger partial charge in [-0.2, -0.15) is 0 Å². The predicted octanol–water partition coefficient (Wildman–Crippen LogP) is 3.51. The predicted molar refractivity (Wildman–Crippen MR) is 119 cm³/mol. The van der Waals surface area contributed by atoms with Crippen molar-refractivity contribution in [3.63, 3.8) is 0 Å². The van der Waals surface area contributed by atoms with Gasteiger partial charge in [0.25, 0.3) is 0 Å². The Bertz CT molecular complexity index is 756. The van der Waals surface area contributed by atoms with Crippen LogP contribution in [0.25, 0.3) is 0 Å². The van der Waals surface area contributed by atoms with E-state index in [-0.39, 0.29) is 18.3 Å². The van der Waals surface area contributed by atoms with E-state index in [1.807, 2.05) is 5.38 Å². The summed E-state index contributed by atoms with van der Waals surface area (Å²) in [4.78, 5) is 42.7. The van der Waals surface area contributed by atoms with E-state index in [1.165, 1.54) is 18.3 Å². The number of halogens is 1. The fourth-order valence-electron chi connectivity index (χ4n) is 3.36. The van der Waals surface area contributed by atoms with E-state index in [9.17, 15) is 14.4 Å². The number of hydrogen-bond acceptors (Lipinski definition) is 7.